The number of hydrogen-bond acceptors (Lipinski definition) is 5. The van der Waals surface area contributed by atoms with Crippen LogP contribution in [0.25, 0.3) is 0 Å². The van der Waals surface area contributed by atoms with Crippen LogP contribution < -0.4 is 0 Å². The number of Topliss-reactive ketones (excluding diaryl/α,β-unsaturated/α-hetero) is 1. The summed E-state index contributed by atoms with van der Waals surface area (Å²) in [5.74, 6) is 0.192. The molecule has 1 aliphatic carbocycles. The third-order valence-corrected chi connectivity index (χ3v) is 5.15. The molecule has 18 heavy (non-hydrogen) atoms. The minimum absolute atomic E-state index is 0.192. The molecule has 2 aliphatic rings. The lowest BCUT2D eigenvalue weighted by molar-refractivity contribution is -0.0948. The summed E-state index contributed by atoms with van der Waals surface area (Å²) in [6.07, 6.45) is 4.22. The van der Waals surface area contributed by atoms with E-state index in [0.29, 0.717) is 25.3 Å². The van der Waals surface area contributed by atoms with Crippen LogP contribution in [0, 0.1) is 0 Å². The summed E-state index contributed by atoms with van der Waals surface area (Å²) in [6.45, 7) is 1.40. The zero-order valence-corrected chi connectivity index (χ0v) is 11.3. The van der Waals surface area contributed by atoms with Gasteiger partial charge >= 0.3 is 0 Å². The molecule has 1 aliphatic heterocycles. The Kier molecular flexibility index (Phi) is 3.21. The highest BCUT2D eigenvalue weighted by atomic mass is 32.1. The monoisotopic (exact) mass is 267 g/mol. The van der Waals surface area contributed by atoms with Gasteiger partial charge in [-0.2, -0.15) is 0 Å². The van der Waals surface area contributed by atoms with E-state index in [2.05, 4.69) is 4.98 Å². The van der Waals surface area contributed by atoms with Crippen LogP contribution in [0.5, 0.6) is 0 Å². The number of fused-ring (bicyclic) bond motifs is 1. The van der Waals surface area contributed by atoms with Gasteiger partial charge in [0.1, 0.15) is 16.3 Å². The maximum Gasteiger partial charge on any atom is 0.182 e. The molecular weight excluding hydrogens is 250 g/mol. The van der Waals surface area contributed by atoms with Gasteiger partial charge in [-0.1, -0.05) is 0 Å². The number of carbonyl (C=O) groups is 1. The van der Waals surface area contributed by atoms with Crippen molar-refractivity contribution in [2.24, 2.45) is 0 Å². The number of ketones is 1. The number of nitrogens with zero attached hydrogens (tertiary/aromatic N) is 1. The van der Waals surface area contributed by atoms with Gasteiger partial charge in [0.15, 0.2) is 5.78 Å². The van der Waals surface area contributed by atoms with E-state index in [1.54, 1.807) is 18.4 Å². The molecule has 0 spiro atoms. The fourth-order valence-electron chi connectivity index (χ4n) is 2.67. The Hall–Kier alpha value is -0.780. The number of ether oxygens (including phenoxy) is 2. The summed E-state index contributed by atoms with van der Waals surface area (Å²) in [4.78, 5) is 17.6. The van der Waals surface area contributed by atoms with Crippen molar-refractivity contribution < 1.29 is 14.3 Å². The standard InChI is InChI=1S/C13H17NO3S/c1-16-13(5-7-17-8-6-13)12-14-11-9(15)3-2-4-10(11)18-12/h2-8H2,1H3. The summed E-state index contributed by atoms with van der Waals surface area (Å²) < 4.78 is 11.1. The van der Waals surface area contributed by atoms with E-state index in [1.165, 1.54) is 0 Å². The second-order valence-corrected chi connectivity index (χ2v) is 5.96. The van der Waals surface area contributed by atoms with Crippen molar-refractivity contribution in [1.29, 1.82) is 0 Å². The molecule has 3 rings (SSSR count). The van der Waals surface area contributed by atoms with Gasteiger partial charge in [-0.05, 0) is 12.8 Å². The molecule has 2 heterocycles. The predicted octanol–water partition coefficient (Wildman–Crippen LogP) is 2.31. The van der Waals surface area contributed by atoms with Crippen LogP contribution >= 0.6 is 11.3 Å². The van der Waals surface area contributed by atoms with Gasteiger partial charge in [0.25, 0.3) is 0 Å². The molecule has 0 bridgehead atoms. The van der Waals surface area contributed by atoms with Gasteiger partial charge in [-0.25, -0.2) is 4.98 Å². The first-order valence-electron chi connectivity index (χ1n) is 6.41. The Bertz CT molecular complexity index is 463. The van der Waals surface area contributed by atoms with Gasteiger partial charge in [0.05, 0.1) is 0 Å². The Labute approximate surface area is 110 Å². The zero-order valence-electron chi connectivity index (χ0n) is 10.5. The van der Waals surface area contributed by atoms with Crippen LogP contribution in [0.3, 0.4) is 0 Å². The van der Waals surface area contributed by atoms with Crippen molar-refractivity contribution >= 4 is 17.1 Å². The molecule has 1 aromatic rings. The largest absolute Gasteiger partial charge is 0.381 e. The van der Waals surface area contributed by atoms with E-state index < -0.39 is 0 Å². The fraction of sp³-hybridized carbons (Fsp3) is 0.692. The second-order valence-electron chi connectivity index (χ2n) is 4.88. The summed E-state index contributed by atoms with van der Waals surface area (Å²) in [7, 11) is 1.73. The minimum Gasteiger partial charge on any atom is -0.381 e. The molecule has 0 saturated carbocycles. The van der Waals surface area contributed by atoms with Gasteiger partial charge in [-0.15, -0.1) is 11.3 Å². The summed E-state index contributed by atoms with van der Waals surface area (Å²) in [5, 5.41) is 0.966. The first kappa shape index (κ1) is 12.3. The maximum atomic E-state index is 11.9. The molecule has 4 nitrogen and oxygen atoms in total. The van der Waals surface area contributed by atoms with E-state index in [9.17, 15) is 4.79 Å². The van der Waals surface area contributed by atoms with Crippen molar-refractivity contribution in [2.75, 3.05) is 20.3 Å². The number of rotatable bonds is 2. The van der Waals surface area contributed by atoms with Gasteiger partial charge in [0.2, 0.25) is 0 Å². The number of thiazole rings is 1. The van der Waals surface area contributed by atoms with Crippen molar-refractivity contribution in [3.63, 3.8) is 0 Å². The van der Waals surface area contributed by atoms with E-state index in [4.69, 9.17) is 9.47 Å². The van der Waals surface area contributed by atoms with Gasteiger partial charge < -0.3 is 9.47 Å². The van der Waals surface area contributed by atoms with Gasteiger partial charge in [-0.3, -0.25) is 4.79 Å². The fourth-order valence-corrected chi connectivity index (χ4v) is 4.01. The highest BCUT2D eigenvalue weighted by Crippen LogP contribution is 2.40. The molecule has 1 saturated heterocycles. The third kappa shape index (κ3) is 1.90. The average Bonchev–Trinajstić information content (AvgIpc) is 2.85. The second kappa shape index (κ2) is 4.72. The summed E-state index contributed by atoms with van der Waals surface area (Å²) in [5.41, 5.74) is 0.366. The lowest BCUT2D eigenvalue weighted by Gasteiger charge is -2.33. The van der Waals surface area contributed by atoms with Crippen LogP contribution in [-0.4, -0.2) is 31.1 Å². The zero-order chi connectivity index (χ0) is 12.6. The molecule has 98 valence electrons. The normalized spacial score (nSPS) is 22.8. The lowest BCUT2D eigenvalue weighted by Crippen LogP contribution is -2.35. The molecule has 0 radical (unpaired) electrons. The number of hydrogen-bond donors (Lipinski definition) is 0. The van der Waals surface area contributed by atoms with Crippen molar-refractivity contribution in [3.05, 3.63) is 15.6 Å². The van der Waals surface area contributed by atoms with Crippen LogP contribution in [-0.2, 0) is 21.5 Å². The number of methoxy groups -OCH3 is 1. The summed E-state index contributed by atoms with van der Waals surface area (Å²) in [6, 6.07) is 0. The molecule has 0 aromatic carbocycles. The Balaban J connectivity index is 1.98. The molecule has 0 unspecified atom stereocenters. The highest BCUT2D eigenvalue weighted by Gasteiger charge is 2.39. The van der Waals surface area contributed by atoms with E-state index in [1.807, 2.05) is 0 Å². The first-order valence-corrected chi connectivity index (χ1v) is 7.23. The topological polar surface area (TPSA) is 48.4 Å². The van der Waals surface area contributed by atoms with E-state index in [0.717, 1.165) is 35.6 Å². The minimum atomic E-state index is -0.333. The smallest absolute Gasteiger partial charge is 0.182 e. The lowest BCUT2D eigenvalue weighted by atomic mass is 9.94. The number of aryl methyl sites for hydroxylation is 1. The number of carbonyl (C=O) groups excluding carboxylic acids is 1. The van der Waals surface area contributed by atoms with E-state index in [-0.39, 0.29) is 11.4 Å². The van der Waals surface area contributed by atoms with Crippen LogP contribution in [0.4, 0.5) is 0 Å². The van der Waals surface area contributed by atoms with Crippen molar-refractivity contribution in [3.8, 4) is 0 Å². The highest BCUT2D eigenvalue weighted by molar-refractivity contribution is 7.12. The Morgan fingerprint density at radius 2 is 2.11 bits per heavy atom. The summed E-state index contributed by atoms with van der Waals surface area (Å²) >= 11 is 1.66. The quantitative estimate of drug-likeness (QED) is 0.825. The SMILES string of the molecule is COC1(c2nc3c(s2)CCCC3=O)CCOCC1. The Morgan fingerprint density at radius 3 is 2.78 bits per heavy atom. The third-order valence-electron chi connectivity index (χ3n) is 3.85. The molecule has 0 atom stereocenters. The molecule has 0 N–H and O–H groups in total. The molecule has 1 aromatic heterocycles. The van der Waals surface area contributed by atoms with Crippen LogP contribution in [0.1, 0.15) is 46.1 Å². The van der Waals surface area contributed by atoms with Crippen LogP contribution in [0.2, 0.25) is 0 Å². The van der Waals surface area contributed by atoms with Crippen LogP contribution in [0.15, 0.2) is 0 Å². The molecule has 5 heteroatoms. The first-order chi connectivity index (χ1) is 8.75. The average molecular weight is 267 g/mol. The number of aromatic nitrogens is 1. The molecular formula is C13H17NO3S. The van der Waals surface area contributed by atoms with Crippen molar-refractivity contribution in [1.82, 2.24) is 4.98 Å². The Morgan fingerprint density at radius 1 is 1.33 bits per heavy atom. The molecule has 1 fully saturated rings. The maximum absolute atomic E-state index is 11.9. The van der Waals surface area contributed by atoms with E-state index >= 15 is 0 Å². The van der Waals surface area contributed by atoms with Gasteiger partial charge in [0, 0.05) is 44.5 Å². The molecule has 0 amide bonds. The van der Waals surface area contributed by atoms with Crippen molar-refractivity contribution in [2.45, 2.75) is 37.7 Å². The predicted molar refractivity (Wildman–Crippen MR) is 68.1 cm³/mol.